The van der Waals surface area contributed by atoms with Gasteiger partial charge in [0.1, 0.15) is 18.3 Å². The topological polar surface area (TPSA) is 96.0 Å². The van der Waals surface area contributed by atoms with Crippen molar-refractivity contribution in [1.82, 2.24) is 10.2 Å². The Morgan fingerprint density at radius 2 is 1.62 bits per heavy atom. The van der Waals surface area contributed by atoms with Gasteiger partial charge in [-0.3, -0.25) is 13.9 Å². The fraction of sp³-hybridized carbons (Fsp3) is 0.310. The Hall–Kier alpha value is -3.27. The summed E-state index contributed by atoms with van der Waals surface area (Å²) in [7, 11) is -2.68. The zero-order chi connectivity index (χ0) is 29.6. The summed E-state index contributed by atoms with van der Waals surface area (Å²) in [5.41, 5.74) is 1.74. The highest BCUT2D eigenvalue weighted by Gasteiger charge is 2.33. The maximum absolute atomic E-state index is 14.0. The van der Waals surface area contributed by atoms with Crippen molar-refractivity contribution in [2.45, 2.75) is 51.2 Å². The van der Waals surface area contributed by atoms with Gasteiger partial charge >= 0.3 is 0 Å². The first kappa shape index (κ1) is 31.3. The number of benzene rings is 3. The fourth-order valence-corrected chi connectivity index (χ4v) is 5.66. The number of nitrogens with zero attached hydrogens (tertiary/aromatic N) is 2. The number of rotatable bonds is 11. The van der Waals surface area contributed by atoms with Crippen LogP contribution in [0.4, 0.5) is 5.69 Å². The number of amides is 2. The van der Waals surface area contributed by atoms with Crippen molar-refractivity contribution in [2.75, 3.05) is 18.0 Å². The molecular formula is C29H33Cl2N3O5S. The van der Waals surface area contributed by atoms with Crippen molar-refractivity contribution in [2.24, 2.45) is 0 Å². The van der Waals surface area contributed by atoms with Crippen molar-refractivity contribution in [3.05, 3.63) is 87.9 Å². The molecule has 8 nitrogen and oxygen atoms in total. The van der Waals surface area contributed by atoms with E-state index in [1.54, 1.807) is 43.3 Å². The summed E-state index contributed by atoms with van der Waals surface area (Å²) < 4.78 is 34.0. The average Bonchev–Trinajstić information content (AvgIpc) is 2.91. The molecule has 40 heavy (non-hydrogen) atoms. The zero-order valence-corrected chi connectivity index (χ0v) is 25.3. The Morgan fingerprint density at radius 3 is 2.23 bits per heavy atom. The van der Waals surface area contributed by atoms with Gasteiger partial charge in [-0.15, -0.1) is 0 Å². The summed E-state index contributed by atoms with van der Waals surface area (Å²) in [5.74, 6) is -0.367. The van der Waals surface area contributed by atoms with E-state index in [4.69, 9.17) is 27.9 Å². The number of hydrogen-bond donors (Lipinski definition) is 1. The van der Waals surface area contributed by atoms with Crippen LogP contribution in [0.5, 0.6) is 5.75 Å². The lowest BCUT2D eigenvalue weighted by molar-refractivity contribution is -0.139. The number of sulfonamides is 1. The molecule has 2 amide bonds. The second kappa shape index (κ2) is 13.4. The normalized spacial score (nSPS) is 12.1. The number of ether oxygens (including phenoxy) is 1. The lowest BCUT2D eigenvalue weighted by atomic mass is 10.1. The monoisotopic (exact) mass is 605 g/mol. The molecule has 0 bridgehead atoms. The molecule has 11 heteroatoms. The minimum Gasteiger partial charge on any atom is -0.497 e. The van der Waals surface area contributed by atoms with E-state index >= 15 is 0 Å². The molecule has 3 rings (SSSR count). The van der Waals surface area contributed by atoms with Gasteiger partial charge in [-0.25, -0.2) is 8.42 Å². The molecule has 3 aromatic carbocycles. The van der Waals surface area contributed by atoms with Crippen LogP contribution in [0.15, 0.2) is 71.6 Å². The Balaban J connectivity index is 2.06. The van der Waals surface area contributed by atoms with Gasteiger partial charge in [-0.2, -0.15) is 0 Å². The molecule has 1 atom stereocenters. The molecule has 0 heterocycles. The molecule has 0 aliphatic carbocycles. The van der Waals surface area contributed by atoms with Crippen molar-refractivity contribution >= 4 is 50.7 Å². The highest BCUT2D eigenvalue weighted by molar-refractivity contribution is 7.92. The van der Waals surface area contributed by atoms with E-state index in [1.807, 2.05) is 20.8 Å². The summed E-state index contributed by atoms with van der Waals surface area (Å²) in [5, 5.41) is 3.20. The van der Waals surface area contributed by atoms with Crippen molar-refractivity contribution in [3.63, 3.8) is 0 Å². The van der Waals surface area contributed by atoms with Crippen LogP contribution in [0.3, 0.4) is 0 Å². The van der Waals surface area contributed by atoms with Crippen LogP contribution in [0.2, 0.25) is 10.0 Å². The molecule has 0 fully saturated rings. The van der Waals surface area contributed by atoms with Crippen LogP contribution in [-0.2, 0) is 26.2 Å². The molecule has 0 spiro atoms. The Kier molecular flexibility index (Phi) is 10.5. The molecule has 0 saturated heterocycles. The number of carbonyl (C=O) groups excluding carboxylic acids is 2. The van der Waals surface area contributed by atoms with E-state index in [9.17, 15) is 18.0 Å². The third-order valence-electron chi connectivity index (χ3n) is 6.16. The molecule has 214 valence electrons. The largest absolute Gasteiger partial charge is 0.497 e. The van der Waals surface area contributed by atoms with Gasteiger partial charge in [0.25, 0.3) is 10.0 Å². The van der Waals surface area contributed by atoms with Crippen molar-refractivity contribution in [1.29, 1.82) is 0 Å². The number of halogens is 2. The standard InChI is InChI=1S/C29H33Cl2N3O5S/c1-19(2)32-29(36)21(4)33(17-22-7-6-8-24(15-22)39-5)28(35)18-34(23-11-14-26(30)27(31)16-23)40(37,38)25-12-9-20(3)10-13-25/h6-16,19,21H,17-18H2,1-5H3,(H,32,36)/t21-/m1/s1. The first-order valence-corrected chi connectivity index (χ1v) is 14.8. The number of nitrogens with one attached hydrogen (secondary N) is 1. The number of hydrogen-bond acceptors (Lipinski definition) is 5. The van der Waals surface area contributed by atoms with Gasteiger partial charge in [-0.05, 0) is 75.7 Å². The first-order valence-electron chi connectivity index (χ1n) is 12.6. The van der Waals surface area contributed by atoms with E-state index < -0.39 is 28.5 Å². The Bertz CT molecular complexity index is 1460. The molecule has 3 aromatic rings. The number of aryl methyl sites for hydroxylation is 1. The second-order valence-electron chi connectivity index (χ2n) is 9.64. The number of methoxy groups -OCH3 is 1. The lowest BCUT2D eigenvalue weighted by Crippen LogP contribution is -2.52. The SMILES string of the molecule is COc1cccc(CN(C(=O)CN(c2ccc(Cl)c(Cl)c2)S(=O)(=O)c2ccc(C)cc2)[C@H](C)C(=O)NC(C)C)c1. The molecule has 0 aliphatic rings. The summed E-state index contributed by atoms with van der Waals surface area (Å²) in [6, 6.07) is 16.7. The molecule has 0 aromatic heterocycles. The average molecular weight is 607 g/mol. The lowest BCUT2D eigenvalue weighted by Gasteiger charge is -2.32. The van der Waals surface area contributed by atoms with E-state index in [0.29, 0.717) is 11.3 Å². The smallest absolute Gasteiger partial charge is 0.264 e. The highest BCUT2D eigenvalue weighted by atomic mass is 35.5. The van der Waals surface area contributed by atoms with Gasteiger partial charge in [0.15, 0.2) is 0 Å². The van der Waals surface area contributed by atoms with Crippen molar-refractivity contribution in [3.8, 4) is 5.75 Å². The van der Waals surface area contributed by atoms with Crippen LogP contribution in [-0.4, -0.2) is 50.9 Å². The summed E-state index contributed by atoms with van der Waals surface area (Å²) in [6.07, 6.45) is 0. The first-order chi connectivity index (χ1) is 18.8. The van der Waals surface area contributed by atoms with Gasteiger partial charge in [0, 0.05) is 12.6 Å². The van der Waals surface area contributed by atoms with Crippen LogP contribution < -0.4 is 14.4 Å². The molecule has 0 aliphatic heterocycles. The predicted octanol–water partition coefficient (Wildman–Crippen LogP) is 5.45. The van der Waals surface area contributed by atoms with E-state index in [1.165, 1.54) is 42.3 Å². The molecular weight excluding hydrogens is 573 g/mol. The van der Waals surface area contributed by atoms with E-state index in [0.717, 1.165) is 9.87 Å². The summed E-state index contributed by atoms with van der Waals surface area (Å²) in [6.45, 7) is 6.54. The van der Waals surface area contributed by atoms with Gasteiger partial charge in [-0.1, -0.05) is 53.0 Å². The zero-order valence-electron chi connectivity index (χ0n) is 23.0. The molecule has 0 unspecified atom stereocenters. The highest BCUT2D eigenvalue weighted by Crippen LogP contribution is 2.31. The van der Waals surface area contributed by atoms with Crippen molar-refractivity contribution < 1.29 is 22.7 Å². The predicted molar refractivity (Wildman–Crippen MR) is 158 cm³/mol. The van der Waals surface area contributed by atoms with Gasteiger partial charge in [0.05, 0.1) is 27.7 Å². The van der Waals surface area contributed by atoms with Crippen LogP contribution in [0.1, 0.15) is 31.9 Å². The maximum atomic E-state index is 14.0. The minimum atomic E-state index is -4.21. The number of carbonyl (C=O) groups is 2. The van der Waals surface area contributed by atoms with E-state index in [2.05, 4.69) is 5.32 Å². The quantitative estimate of drug-likeness (QED) is 0.313. The third kappa shape index (κ3) is 7.68. The van der Waals surface area contributed by atoms with Crippen LogP contribution in [0, 0.1) is 6.92 Å². The van der Waals surface area contributed by atoms with Crippen LogP contribution in [0.25, 0.3) is 0 Å². The summed E-state index contributed by atoms with van der Waals surface area (Å²) in [4.78, 5) is 28.3. The molecule has 1 N–H and O–H groups in total. The van der Waals surface area contributed by atoms with Gasteiger partial charge < -0.3 is 15.0 Å². The molecule has 0 radical (unpaired) electrons. The minimum absolute atomic E-state index is 0.00178. The Morgan fingerprint density at radius 1 is 0.950 bits per heavy atom. The second-order valence-corrected chi connectivity index (χ2v) is 12.3. The van der Waals surface area contributed by atoms with E-state index in [-0.39, 0.29) is 39.1 Å². The fourth-order valence-electron chi connectivity index (χ4n) is 3.96. The third-order valence-corrected chi connectivity index (χ3v) is 8.69. The molecule has 0 saturated carbocycles. The maximum Gasteiger partial charge on any atom is 0.264 e. The summed E-state index contributed by atoms with van der Waals surface area (Å²) >= 11 is 12.3. The number of anilines is 1. The van der Waals surface area contributed by atoms with Crippen LogP contribution >= 0.6 is 23.2 Å². The van der Waals surface area contributed by atoms with Gasteiger partial charge in [0.2, 0.25) is 11.8 Å². The Labute approximate surface area is 245 Å².